The lowest BCUT2D eigenvalue weighted by Crippen LogP contribution is -2.37. The first kappa shape index (κ1) is 18.4. The van der Waals surface area contributed by atoms with E-state index in [-0.39, 0.29) is 12.5 Å². The van der Waals surface area contributed by atoms with Crippen LogP contribution >= 0.6 is 0 Å². The number of hydrogen-bond acceptors (Lipinski definition) is 5. The summed E-state index contributed by atoms with van der Waals surface area (Å²) in [7, 11) is 3.51. The van der Waals surface area contributed by atoms with Gasteiger partial charge in [0.05, 0.1) is 12.3 Å². The molecule has 3 rings (SSSR count). The van der Waals surface area contributed by atoms with E-state index in [1.165, 1.54) is 31.6 Å². The summed E-state index contributed by atoms with van der Waals surface area (Å²) in [5, 5.41) is 4.46. The molecule has 3 heterocycles. The van der Waals surface area contributed by atoms with E-state index < -0.39 is 0 Å². The van der Waals surface area contributed by atoms with E-state index in [9.17, 15) is 4.79 Å². The number of carbonyl (C=O) groups excluding carboxylic acids is 1. The molecule has 1 saturated heterocycles. The van der Waals surface area contributed by atoms with Crippen molar-refractivity contribution in [1.29, 1.82) is 0 Å². The maximum atomic E-state index is 11.7. The Morgan fingerprint density at radius 2 is 2.00 bits per heavy atom. The quantitative estimate of drug-likeness (QED) is 0.718. The molecular formula is C18H31N5O2. The minimum Gasteiger partial charge on any atom is -0.371 e. The summed E-state index contributed by atoms with van der Waals surface area (Å²) >= 11 is 0. The number of likely N-dealkylation sites (tertiary alicyclic amines) is 1. The lowest BCUT2D eigenvalue weighted by Gasteiger charge is -2.26. The van der Waals surface area contributed by atoms with E-state index >= 15 is 0 Å². The predicted molar refractivity (Wildman–Crippen MR) is 96.2 cm³/mol. The molecule has 7 heteroatoms. The Morgan fingerprint density at radius 3 is 2.76 bits per heavy atom. The van der Waals surface area contributed by atoms with E-state index in [0.717, 1.165) is 32.7 Å². The fraction of sp³-hybridized carbons (Fsp3) is 0.778. The summed E-state index contributed by atoms with van der Waals surface area (Å²) in [6.07, 6.45) is 4.55. The predicted octanol–water partition coefficient (Wildman–Crippen LogP) is 0.516. The van der Waals surface area contributed by atoms with E-state index in [2.05, 4.69) is 25.6 Å². The number of rotatable bonds is 7. The lowest BCUT2D eigenvalue weighted by atomic mass is 10.1. The van der Waals surface area contributed by atoms with Crippen LogP contribution in [-0.2, 0) is 22.6 Å². The monoisotopic (exact) mass is 349 g/mol. The molecule has 1 amide bonds. The highest BCUT2D eigenvalue weighted by Gasteiger charge is 2.23. The van der Waals surface area contributed by atoms with Gasteiger partial charge in [0.1, 0.15) is 6.61 Å². The van der Waals surface area contributed by atoms with Gasteiger partial charge in [0, 0.05) is 58.9 Å². The molecule has 7 nitrogen and oxygen atoms in total. The smallest absolute Gasteiger partial charge is 0.248 e. The second kappa shape index (κ2) is 8.78. The van der Waals surface area contributed by atoms with Crippen LogP contribution in [0.25, 0.3) is 0 Å². The largest absolute Gasteiger partial charge is 0.371 e. The molecule has 0 radical (unpaired) electrons. The molecule has 140 valence electrons. The van der Waals surface area contributed by atoms with E-state index in [1.807, 2.05) is 6.20 Å². The molecular weight excluding hydrogens is 318 g/mol. The molecule has 1 aromatic rings. The van der Waals surface area contributed by atoms with Crippen molar-refractivity contribution < 1.29 is 9.53 Å². The average molecular weight is 349 g/mol. The summed E-state index contributed by atoms with van der Waals surface area (Å²) in [6.45, 7) is 8.25. The van der Waals surface area contributed by atoms with E-state index in [1.54, 1.807) is 19.0 Å². The highest BCUT2D eigenvalue weighted by Crippen LogP contribution is 2.17. The first-order valence-corrected chi connectivity index (χ1v) is 9.35. The highest BCUT2D eigenvalue weighted by molar-refractivity contribution is 5.76. The van der Waals surface area contributed by atoms with Crippen molar-refractivity contribution in [3.8, 4) is 0 Å². The molecule has 1 atom stereocenters. The number of carbonyl (C=O) groups is 1. The molecule has 2 aliphatic rings. The molecule has 0 aliphatic carbocycles. The van der Waals surface area contributed by atoms with E-state index in [4.69, 9.17) is 4.74 Å². The zero-order valence-electron chi connectivity index (χ0n) is 15.6. The first-order chi connectivity index (χ1) is 12.1. The van der Waals surface area contributed by atoms with Gasteiger partial charge in [-0.2, -0.15) is 5.10 Å². The minimum atomic E-state index is 0.0132. The van der Waals surface area contributed by atoms with Gasteiger partial charge in [-0.15, -0.1) is 0 Å². The zero-order chi connectivity index (χ0) is 17.6. The number of hydrogen-bond donors (Lipinski definition) is 0. The van der Waals surface area contributed by atoms with Crippen LogP contribution in [0.3, 0.4) is 0 Å². The second-order valence-corrected chi connectivity index (χ2v) is 7.46. The number of aromatic nitrogens is 2. The number of ether oxygens (including phenoxy) is 1. The lowest BCUT2D eigenvalue weighted by molar-refractivity contribution is -0.134. The van der Waals surface area contributed by atoms with Gasteiger partial charge in [0.2, 0.25) is 5.91 Å². The molecule has 2 aliphatic heterocycles. The Kier molecular flexibility index (Phi) is 6.45. The van der Waals surface area contributed by atoms with Gasteiger partial charge < -0.3 is 14.5 Å². The van der Waals surface area contributed by atoms with Gasteiger partial charge in [0.25, 0.3) is 0 Å². The van der Waals surface area contributed by atoms with Gasteiger partial charge in [-0.3, -0.25) is 14.4 Å². The molecule has 0 spiro atoms. The molecule has 1 aromatic heterocycles. The summed E-state index contributed by atoms with van der Waals surface area (Å²) in [5.74, 6) is 0.369. The van der Waals surface area contributed by atoms with Crippen molar-refractivity contribution >= 4 is 5.91 Å². The van der Waals surface area contributed by atoms with Crippen molar-refractivity contribution in [2.24, 2.45) is 5.92 Å². The van der Waals surface area contributed by atoms with E-state index in [0.29, 0.717) is 12.5 Å². The zero-order valence-corrected chi connectivity index (χ0v) is 15.6. The molecule has 1 unspecified atom stereocenters. The standard InChI is InChI=1S/C18H31N5O2/c1-20(2)18(24)15-25-14-16-11-22(10-9-21-7-3-4-8-21)13-17-5-6-19-23(17)12-16/h5-6,16H,3-4,7-15H2,1-2H3. The fourth-order valence-corrected chi connectivity index (χ4v) is 3.63. The van der Waals surface area contributed by atoms with Crippen LogP contribution in [0.5, 0.6) is 0 Å². The highest BCUT2D eigenvalue weighted by atomic mass is 16.5. The van der Waals surface area contributed by atoms with Crippen molar-refractivity contribution in [2.45, 2.75) is 25.9 Å². The van der Waals surface area contributed by atoms with Gasteiger partial charge in [-0.05, 0) is 32.0 Å². The molecule has 0 N–H and O–H groups in total. The fourth-order valence-electron chi connectivity index (χ4n) is 3.63. The van der Waals surface area contributed by atoms with Crippen molar-refractivity contribution in [3.05, 3.63) is 18.0 Å². The van der Waals surface area contributed by atoms with Gasteiger partial charge in [-0.25, -0.2) is 0 Å². The van der Waals surface area contributed by atoms with Gasteiger partial charge in [-0.1, -0.05) is 0 Å². The van der Waals surface area contributed by atoms with Crippen LogP contribution in [0.15, 0.2) is 12.3 Å². The third kappa shape index (κ3) is 5.26. The van der Waals surface area contributed by atoms with Crippen molar-refractivity contribution in [2.75, 3.05) is 60.0 Å². The summed E-state index contributed by atoms with van der Waals surface area (Å²) < 4.78 is 7.80. The third-order valence-electron chi connectivity index (χ3n) is 5.15. The Morgan fingerprint density at radius 1 is 1.24 bits per heavy atom. The van der Waals surface area contributed by atoms with Crippen LogP contribution in [0.1, 0.15) is 18.5 Å². The topological polar surface area (TPSA) is 53.8 Å². The number of amides is 1. The summed E-state index contributed by atoms with van der Waals surface area (Å²) in [5.41, 5.74) is 1.27. The number of fused-ring (bicyclic) bond motifs is 1. The van der Waals surface area contributed by atoms with Crippen LogP contribution in [0, 0.1) is 5.92 Å². The SMILES string of the molecule is CN(C)C(=O)COCC1CN(CCN2CCCC2)Cc2ccnn2C1. The summed E-state index contributed by atoms with van der Waals surface area (Å²) in [4.78, 5) is 18.3. The van der Waals surface area contributed by atoms with Crippen molar-refractivity contribution in [3.63, 3.8) is 0 Å². The molecule has 0 saturated carbocycles. The van der Waals surface area contributed by atoms with Crippen LogP contribution in [0.4, 0.5) is 0 Å². The first-order valence-electron chi connectivity index (χ1n) is 9.35. The summed E-state index contributed by atoms with van der Waals surface area (Å²) in [6, 6.07) is 2.11. The molecule has 1 fully saturated rings. The maximum absolute atomic E-state index is 11.7. The van der Waals surface area contributed by atoms with Crippen molar-refractivity contribution in [1.82, 2.24) is 24.5 Å². The molecule has 0 aromatic carbocycles. The Hall–Kier alpha value is -1.44. The average Bonchev–Trinajstić information content (AvgIpc) is 3.22. The second-order valence-electron chi connectivity index (χ2n) is 7.46. The van der Waals surface area contributed by atoms with Crippen LogP contribution in [0.2, 0.25) is 0 Å². The Labute approximate surface area is 150 Å². The van der Waals surface area contributed by atoms with Crippen LogP contribution in [-0.4, -0.2) is 90.4 Å². The normalized spacial score (nSPS) is 21.9. The number of likely N-dealkylation sites (N-methyl/N-ethyl adjacent to an activating group) is 1. The van der Waals surface area contributed by atoms with Crippen LogP contribution < -0.4 is 0 Å². The maximum Gasteiger partial charge on any atom is 0.248 e. The Balaban J connectivity index is 1.53. The molecule has 25 heavy (non-hydrogen) atoms. The third-order valence-corrected chi connectivity index (χ3v) is 5.15. The molecule has 0 bridgehead atoms. The number of nitrogens with zero attached hydrogens (tertiary/aromatic N) is 5. The Bertz CT molecular complexity index is 553. The van der Waals surface area contributed by atoms with Gasteiger partial charge >= 0.3 is 0 Å². The minimum absolute atomic E-state index is 0.0132. The van der Waals surface area contributed by atoms with Gasteiger partial charge in [0.15, 0.2) is 0 Å².